The molecule has 0 saturated carbocycles. The molecule has 0 amide bonds. The number of benzene rings is 4. The van der Waals surface area contributed by atoms with Gasteiger partial charge in [-0.25, -0.2) is 0 Å². The van der Waals surface area contributed by atoms with Crippen LogP contribution in [0.5, 0.6) is 23.0 Å². The lowest BCUT2D eigenvalue weighted by molar-refractivity contribution is 0.481. The van der Waals surface area contributed by atoms with Crippen molar-refractivity contribution in [1.82, 2.24) is 0 Å². The molecule has 2 heteroatoms. The van der Waals surface area contributed by atoms with Gasteiger partial charge in [-0.05, 0) is 135 Å². The molecular weight excluding hydrogens is 392 g/mol. The first-order chi connectivity index (χ1) is 15.3. The lowest BCUT2D eigenvalue weighted by Gasteiger charge is -2.14. The average Bonchev–Trinajstić information content (AvgIpc) is 2.74. The van der Waals surface area contributed by atoms with Crippen LogP contribution in [0.25, 0.3) is 11.1 Å². The molecule has 0 saturated heterocycles. The second kappa shape index (κ2) is 8.92. The van der Waals surface area contributed by atoms with E-state index >= 15 is 0 Å². The molecule has 162 valence electrons. The summed E-state index contributed by atoms with van der Waals surface area (Å²) < 4.78 is 12.2. The Morgan fingerprint density at radius 1 is 0.344 bits per heavy atom. The molecule has 4 aromatic carbocycles. The SMILES string of the molecule is Cc1ccc(Oc2ccc(-c3ccc(Oc4ccc(C)c(C)c4)cc3C)c(C)c2)cc1C. The van der Waals surface area contributed by atoms with Gasteiger partial charge in [0.25, 0.3) is 0 Å². The number of hydrogen-bond donors (Lipinski definition) is 0. The molecule has 0 spiro atoms. The van der Waals surface area contributed by atoms with Crippen LogP contribution in [0.1, 0.15) is 33.4 Å². The van der Waals surface area contributed by atoms with Crippen molar-refractivity contribution in [3.05, 3.63) is 106 Å². The minimum Gasteiger partial charge on any atom is -0.457 e. The van der Waals surface area contributed by atoms with Gasteiger partial charge in [-0.2, -0.15) is 0 Å². The summed E-state index contributed by atoms with van der Waals surface area (Å²) in [6, 6.07) is 24.9. The van der Waals surface area contributed by atoms with Crippen LogP contribution in [0.3, 0.4) is 0 Å². The van der Waals surface area contributed by atoms with Gasteiger partial charge in [0, 0.05) is 0 Å². The third-order valence-corrected chi connectivity index (χ3v) is 6.11. The van der Waals surface area contributed by atoms with Gasteiger partial charge in [0.2, 0.25) is 0 Å². The van der Waals surface area contributed by atoms with Crippen LogP contribution in [0, 0.1) is 41.5 Å². The summed E-state index contributed by atoms with van der Waals surface area (Å²) in [6.45, 7) is 12.7. The smallest absolute Gasteiger partial charge is 0.127 e. The molecule has 4 rings (SSSR count). The van der Waals surface area contributed by atoms with Crippen molar-refractivity contribution in [2.45, 2.75) is 41.5 Å². The van der Waals surface area contributed by atoms with E-state index in [-0.39, 0.29) is 0 Å². The molecule has 0 N–H and O–H groups in total. The van der Waals surface area contributed by atoms with Crippen LogP contribution < -0.4 is 9.47 Å². The van der Waals surface area contributed by atoms with Crippen LogP contribution in [-0.4, -0.2) is 0 Å². The Morgan fingerprint density at radius 2 is 0.656 bits per heavy atom. The fourth-order valence-corrected chi connectivity index (χ4v) is 3.83. The van der Waals surface area contributed by atoms with Crippen molar-refractivity contribution < 1.29 is 9.47 Å². The second-order valence-corrected chi connectivity index (χ2v) is 8.65. The number of hydrogen-bond acceptors (Lipinski definition) is 2. The van der Waals surface area contributed by atoms with Crippen molar-refractivity contribution in [2.24, 2.45) is 0 Å². The molecule has 2 nitrogen and oxygen atoms in total. The molecule has 0 heterocycles. The highest BCUT2D eigenvalue weighted by molar-refractivity contribution is 5.72. The van der Waals surface area contributed by atoms with E-state index in [9.17, 15) is 0 Å². The summed E-state index contributed by atoms with van der Waals surface area (Å²) in [7, 11) is 0. The van der Waals surface area contributed by atoms with Crippen molar-refractivity contribution in [1.29, 1.82) is 0 Å². The lowest BCUT2D eigenvalue weighted by atomic mass is 9.96. The Morgan fingerprint density at radius 3 is 0.969 bits per heavy atom. The molecule has 0 aliphatic carbocycles. The molecule has 0 aromatic heterocycles. The second-order valence-electron chi connectivity index (χ2n) is 8.65. The molecule has 0 atom stereocenters. The highest BCUT2D eigenvalue weighted by Crippen LogP contribution is 2.34. The largest absolute Gasteiger partial charge is 0.457 e. The Bertz CT molecular complexity index is 1180. The Hall–Kier alpha value is -3.52. The van der Waals surface area contributed by atoms with Crippen LogP contribution in [0.4, 0.5) is 0 Å². The Kier molecular flexibility index (Phi) is 6.05. The fourth-order valence-electron chi connectivity index (χ4n) is 3.83. The van der Waals surface area contributed by atoms with Crippen LogP contribution in [0.15, 0.2) is 72.8 Å². The van der Waals surface area contributed by atoms with Crippen molar-refractivity contribution in [2.75, 3.05) is 0 Å². The Labute approximate surface area is 191 Å². The van der Waals surface area contributed by atoms with Crippen LogP contribution in [-0.2, 0) is 0 Å². The quantitative estimate of drug-likeness (QED) is 0.320. The zero-order valence-electron chi connectivity index (χ0n) is 19.7. The summed E-state index contributed by atoms with van der Waals surface area (Å²) in [4.78, 5) is 0. The van der Waals surface area contributed by atoms with E-state index in [1.54, 1.807) is 0 Å². The molecule has 0 unspecified atom stereocenters. The first-order valence-corrected chi connectivity index (χ1v) is 11.0. The van der Waals surface area contributed by atoms with E-state index in [1.807, 2.05) is 24.3 Å². The molecular formula is C30H30O2. The standard InChI is InChI=1S/C30H30O2/c1-19-7-9-25(15-21(19)3)31-27-11-13-29(23(5)17-27)30-14-12-28(18-24(30)6)32-26-10-8-20(2)22(4)16-26/h7-18H,1-6H3. The number of aryl methyl sites for hydroxylation is 6. The number of rotatable bonds is 5. The van der Waals surface area contributed by atoms with E-state index < -0.39 is 0 Å². The summed E-state index contributed by atoms with van der Waals surface area (Å²) >= 11 is 0. The average molecular weight is 423 g/mol. The van der Waals surface area contributed by atoms with Gasteiger partial charge < -0.3 is 9.47 Å². The van der Waals surface area contributed by atoms with E-state index in [0.29, 0.717) is 0 Å². The van der Waals surface area contributed by atoms with Crippen molar-refractivity contribution >= 4 is 0 Å². The van der Waals surface area contributed by atoms with E-state index in [1.165, 1.54) is 44.5 Å². The third-order valence-electron chi connectivity index (χ3n) is 6.11. The molecule has 0 fully saturated rings. The van der Waals surface area contributed by atoms with Crippen LogP contribution in [0.2, 0.25) is 0 Å². The fraction of sp³-hybridized carbons (Fsp3) is 0.200. The van der Waals surface area contributed by atoms with Crippen LogP contribution >= 0.6 is 0 Å². The lowest BCUT2D eigenvalue weighted by Crippen LogP contribution is -1.92. The predicted octanol–water partition coefficient (Wildman–Crippen LogP) is 8.79. The zero-order valence-corrected chi connectivity index (χ0v) is 19.7. The zero-order chi connectivity index (χ0) is 22.8. The van der Waals surface area contributed by atoms with Gasteiger partial charge in [-0.15, -0.1) is 0 Å². The third kappa shape index (κ3) is 4.70. The summed E-state index contributed by atoms with van der Waals surface area (Å²) in [5.74, 6) is 3.43. The van der Waals surface area contributed by atoms with Gasteiger partial charge in [0.15, 0.2) is 0 Å². The highest BCUT2D eigenvalue weighted by Gasteiger charge is 2.09. The van der Waals surface area contributed by atoms with Crippen molar-refractivity contribution in [3.8, 4) is 34.1 Å². The summed E-state index contributed by atoms with van der Waals surface area (Å²) in [6.07, 6.45) is 0. The molecule has 4 aromatic rings. The number of ether oxygens (including phenoxy) is 2. The maximum absolute atomic E-state index is 6.10. The van der Waals surface area contributed by atoms with Gasteiger partial charge in [-0.3, -0.25) is 0 Å². The monoisotopic (exact) mass is 422 g/mol. The maximum atomic E-state index is 6.10. The normalized spacial score (nSPS) is 10.8. The molecule has 0 bridgehead atoms. The molecule has 0 aliphatic heterocycles. The molecule has 0 radical (unpaired) electrons. The highest BCUT2D eigenvalue weighted by atomic mass is 16.5. The molecule has 0 aliphatic rings. The first-order valence-electron chi connectivity index (χ1n) is 11.0. The summed E-state index contributed by atoms with van der Waals surface area (Å²) in [5.41, 5.74) is 9.76. The Balaban J connectivity index is 1.55. The van der Waals surface area contributed by atoms with Crippen molar-refractivity contribution in [3.63, 3.8) is 0 Å². The van der Waals surface area contributed by atoms with Gasteiger partial charge >= 0.3 is 0 Å². The van der Waals surface area contributed by atoms with Gasteiger partial charge in [-0.1, -0.05) is 24.3 Å². The van der Waals surface area contributed by atoms with Gasteiger partial charge in [0.1, 0.15) is 23.0 Å². The van der Waals surface area contributed by atoms with E-state index in [2.05, 4.69) is 90.1 Å². The summed E-state index contributed by atoms with van der Waals surface area (Å²) in [5, 5.41) is 0. The minimum absolute atomic E-state index is 0.849. The minimum atomic E-state index is 0.849. The first kappa shape index (κ1) is 21.7. The van der Waals surface area contributed by atoms with E-state index in [0.717, 1.165) is 23.0 Å². The van der Waals surface area contributed by atoms with Gasteiger partial charge in [0.05, 0.1) is 0 Å². The topological polar surface area (TPSA) is 18.5 Å². The molecule has 32 heavy (non-hydrogen) atoms. The maximum Gasteiger partial charge on any atom is 0.127 e. The van der Waals surface area contributed by atoms with E-state index in [4.69, 9.17) is 9.47 Å². The predicted molar refractivity (Wildman–Crippen MR) is 133 cm³/mol.